The van der Waals surface area contributed by atoms with Gasteiger partial charge in [0.1, 0.15) is 9.42 Å². The fourth-order valence-corrected chi connectivity index (χ4v) is 5.09. The summed E-state index contributed by atoms with van der Waals surface area (Å²) in [5.41, 5.74) is 2.13. The van der Waals surface area contributed by atoms with Gasteiger partial charge in [-0.25, -0.2) is 0 Å². The van der Waals surface area contributed by atoms with Crippen molar-refractivity contribution in [2.75, 3.05) is 0 Å². The number of benzene rings is 3. The lowest BCUT2D eigenvalue weighted by atomic mass is 10.1. The van der Waals surface area contributed by atoms with Gasteiger partial charge < -0.3 is 0 Å². The Morgan fingerprint density at radius 1 is 0.500 bits per heavy atom. The van der Waals surface area contributed by atoms with Gasteiger partial charge >= 0.3 is 0 Å². The second kappa shape index (κ2) is 8.87. The Labute approximate surface area is 161 Å². The largest absolute Gasteiger partial charge is 0.109 e. The van der Waals surface area contributed by atoms with Gasteiger partial charge in [-0.1, -0.05) is 60.7 Å². The van der Waals surface area contributed by atoms with Gasteiger partial charge in [0, 0.05) is 9.79 Å². The van der Waals surface area contributed by atoms with Crippen LogP contribution in [0, 0.1) is 0 Å². The maximum absolute atomic E-state index is 6.69. The maximum Gasteiger partial charge on any atom is 0.109 e. The molecule has 0 fully saturated rings. The number of halogens is 2. The molecule has 0 spiro atoms. The van der Waals surface area contributed by atoms with Crippen LogP contribution < -0.4 is 0 Å². The average Bonchev–Trinajstić information content (AvgIpc) is 2.63. The van der Waals surface area contributed by atoms with Crippen molar-refractivity contribution in [3.05, 3.63) is 96.1 Å². The number of hydrogen-bond donors (Lipinski definition) is 0. The number of thioether (sulfide) groups is 2. The van der Waals surface area contributed by atoms with Crippen LogP contribution in [0.3, 0.4) is 0 Å². The molecule has 2 atom stereocenters. The van der Waals surface area contributed by atoms with Crippen molar-refractivity contribution < 1.29 is 0 Å². The zero-order valence-electron chi connectivity index (χ0n) is 12.8. The second-order valence-corrected chi connectivity index (χ2v) is 8.87. The van der Waals surface area contributed by atoms with E-state index in [4.69, 9.17) is 23.2 Å². The summed E-state index contributed by atoms with van der Waals surface area (Å²) in [6, 6.07) is 28.5. The number of rotatable bonds is 6. The molecule has 0 saturated carbocycles. The van der Waals surface area contributed by atoms with Crippen LogP contribution >= 0.6 is 46.7 Å². The summed E-state index contributed by atoms with van der Waals surface area (Å²) < 4.78 is -0.359. The quantitative estimate of drug-likeness (QED) is 0.311. The lowest BCUT2D eigenvalue weighted by molar-refractivity contribution is 1.22. The molecule has 0 bridgehead atoms. The smallest absolute Gasteiger partial charge is 0.105 e. The Hall–Kier alpha value is -1.06. The van der Waals surface area contributed by atoms with Crippen LogP contribution in [-0.4, -0.2) is 0 Å². The Balaban J connectivity index is 1.79. The van der Waals surface area contributed by atoms with Crippen molar-refractivity contribution in [1.82, 2.24) is 0 Å². The molecule has 0 aliphatic rings. The molecule has 0 nitrogen and oxygen atoms in total. The summed E-state index contributed by atoms with van der Waals surface area (Å²) in [5.74, 6) is 0. The van der Waals surface area contributed by atoms with E-state index >= 15 is 0 Å². The van der Waals surface area contributed by atoms with Gasteiger partial charge in [-0.05, 0) is 35.4 Å². The molecule has 0 heterocycles. The van der Waals surface area contributed by atoms with Crippen LogP contribution in [0.15, 0.2) is 94.7 Å². The van der Waals surface area contributed by atoms with Gasteiger partial charge in [0.25, 0.3) is 0 Å². The van der Waals surface area contributed by atoms with E-state index < -0.39 is 0 Å². The van der Waals surface area contributed by atoms with Crippen molar-refractivity contribution in [2.24, 2.45) is 0 Å². The molecule has 0 aliphatic carbocycles. The molecule has 0 radical (unpaired) electrons. The van der Waals surface area contributed by atoms with E-state index in [1.54, 1.807) is 23.5 Å². The first kappa shape index (κ1) is 17.8. The highest BCUT2D eigenvalue weighted by Crippen LogP contribution is 2.46. The van der Waals surface area contributed by atoms with Crippen LogP contribution in [0.1, 0.15) is 20.5 Å². The van der Waals surface area contributed by atoms with E-state index in [0.717, 1.165) is 20.9 Å². The van der Waals surface area contributed by atoms with Crippen molar-refractivity contribution >= 4 is 46.7 Å². The summed E-state index contributed by atoms with van der Waals surface area (Å²) in [6.45, 7) is 0. The topological polar surface area (TPSA) is 0 Å². The van der Waals surface area contributed by atoms with Crippen molar-refractivity contribution in [1.29, 1.82) is 0 Å². The van der Waals surface area contributed by atoms with E-state index in [9.17, 15) is 0 Å². The summed E-state index contributed by atoms with van der Waals surface area (Å²) in [4.78, 5) is 2.29. The molecule has 3 aromatic rings. The molecule has 4 heteroatoms. The maximum atomic E-state index is 6.69. The van der Waals surface area contributed by atoms with Crippen LogP contribution in [-0.2, 0) is 0 Å². The minimum Gasteiger partial charge on any atom is -0.105 e. The van der Waals surface area contributed by atoms with Crippen LogP contribution in [0.25, 0.3) is 0 Å². The first-order valence-electron chi connectivity index (χ1n) is 7.54. The Morgan fingerprint density at radius 2 is 0.833 bits per heavy atom. The zero-order chi connectivity index (χ0) is 16.8. The highest BCUT2D eigenvalue weighted by atomic mass is 35.5. The molecule has 3 rings (SSSR count). The van der Waals surface area contributed by atoms with Gasteiger partial charge in [-0.3, -0.25) is 0 Å². The molecule has 122 valence electrons. The molecule has 0 N–H and O–H groups in total. The molecular weight excluding hydrogens is 375 g/mol. The fourth-order valence-electron chi connectivity index (χ4n) is 2.29. The SMILES string of the molecule is ClC(Sc1ccccc1)c1ccccc1C(Cl)Sc1ccccc1. The predicted octanol–water partition coefficient (Wildman–Crippen LogP) is 7.75. The summed E-state index contributed by atoms with van der Waals surface area (Å²) in [7, 11) is 0. The molecule has 0 amide bonds. The lowest BCUT2D eigenvalue weighted by Gasteiger charge is -2.18. The third-order valence-corrected chi connectivity index (χ3v) is 6.47. The highest BCUT2D eigenvalue weighted by molar-refractivity contribution is 8.01. The van der Waals surface area contributed by atoms with Gasteiger partial charge in [0.2, 0.25) is 0 Å². The van der Waals surface area contributed by atoms with E-state index in [-0.39, 0.29) is 9.42 Å². The van der Waals surface area contributed by atoms with E-state index in [1.165, 1.54) is 0 Å². The normalized spacial score (nSPS) is 13.4. The van der Waals surface area contributed by atoms with E-state index in [2.05, 4.69) is 36.4 Å². The van der Waals surface area contributed by atoms with Crippen LogP contribution in [0.5, 0.6) is 0 Å². The van der Waals surface area contributed by atoms with E-state index in [1.807, 2.05) is 48.5 Å². The number of alkyl halides is 2. The fraction of sp³-hybridized carbons (Fsp3) is 0.100. The van der Waals surface area contributed by atoms with Crippen LogP contribution in [0.4, 0.5) is 0 Å². The molecule has 3 aromatic carbocycles. The molecule has 0 saturated heterocycles. The van der Waals surface area contributed by atoms with Crippen molar-refractivity contribution in [3.8, 4) is 0 Å². The minimum absolute atomic E-state index is 0.179. The average molecular weight is 391 g/mol. The Morgan fingerprint density at radius 3 is 1.21 bits per heavy atom. The van der Waals surface area contributed by atoms with Gasteiger partial charge in [0.05, 0.1) is 0 Å². The Kier molecular flexibility index (Phi) is 6.56. The first-order valence-corrected chi connectivity index (χ1v) is 10.2. The summed E-state index contributed by atoms with van der Waals surface area (Å²) >= 11 is 16.6. The van der Waals surface area contributed by atoms with Crippen LogP contribution in [0.2, 0.25) is 0 Å². The standard InChI is InChI=1S/C20H16Cl2S2/c21-19(23-15-9-3-1-4-10-15)17-13-7-8-14-18(17)20(22)24-16-11-5-2-6-12-16/h1-14,19-20H. The third-order valence-electron chi connectivity index (χ3n) is 3.45. The second-order valence-electron chi connectivity index (χ2n) is 5.12. The lowest BCUT2D eigenvalue weighted by Crippen LogP contribution is -1.96. The molecule has 24 heavy (non-hydrogen) atoms. The molecule has 0 aromatic heterocycles. The predicted molar refractivity (Wildman–Crippen MR) is 108 cm³/mol. The molecule has 2 unspecified atom stereocenters. The Bertz CT molecular complexity index is 696. The van der Waals surface area contributed by atoms with E-state index in [0.29, 0.717) is 0 Å². The summed E-state index contributed by atoms with van der Waals surface area (Å²) in [6.07, 6.45) is 0. The molecular formula is C20H16Cl2S2. The highest BCUT2D eigenvalue weighted by Gasteiger charge is 2.19. The third kappa shape index (κ3) is 4.73. The summed E-state index contributed by atoms with van der Waals surface area (Å²) in [5, 5.41) is 0. The number of hydrogen-bond acceptors (Lipinski definition) is 2. The first-order chi connectivity index (χ1) is 11.7. The van der Waals surface area contributed by atoms with Gasteiger partial charge in [-0.15, -0.1) is 46.7 Å². The van der Waals surface area contributed by atoms with Crippen molar-refractivity contribution in [3.63, 3.8) is 0 Å². The van der Waals surface area contributed by atoms with Gasteiger partial charge in [0.15, 0.2) is 0 Å². The minimum atomic E-state index is -0.179. The van der Waals surface area contributed by atoms with Gasteiger partial charge in [-0.2, -0.15) is 0 Å². The zero-order valence-corrected chi connectivity index (χ0v) is 16.0. The van der Waals surface area contributed by atoms with Crippen molar-refractivity contribution in [2.45, 2.75) is 19.2 Å². The molecule has 0 aliphatic heterocycles. The monoisotopic (exact) mass is 390 g/mol.